The highest BCUT2D eigenvalue weighted by Crippen LogP contribution is 2.10. The molecule has 0 aliphatic carbocycles. The van der Waals surface area contributed by atoms with Crippen LogP contribution in [0.4, 0.5) is 5.95 Å². The van der Waals surface area contributed by atoms with Crippen LogP contribution in [-0.2, 0) is 6.42 Å². The van der Waals surface area contributed by atoms with Crippen LogP contribution in [0.5, 0.6) is 0 Å². The van der Waals surface area contributed by atoms with E-state index >= 15 is 0 Å². The molecule has 1 aliphatic rings. The Morgan fingerprint density at radius 3 is 2.78 bits per heavy atom. The Hall–Kier alpha value is -1.16. The summed E-state index contributed by atoms with van der Waals surface area (Å²) in [6, 6.07) is 0.678. The topological polar surface area (TPSA) is 49.8 Å². The molecule has 0 spiro atoms. The fourth-order valence-electron chi connectivity index (χ4n) is 2.38. The van der Waals surface area contributed by atoms with Crippen molar-refractivity contribution >= 4 is 5.95 Å². The number of hydrogen-bond acceptors (Lipinski definition) is 4. The highest BCUT2D eigenvalue weighted by atomic mass is 15.1. The number of rotatable bonds is 6. The summed E-state index contributed by atoms with van der Waals surface area (Å²) in [4.78, 5) is 8.71. The van der Waals surface area contributed by atoms with Gasteiger partial charge in [-0.05, 0) is 43.7 Å². The van der Waals surface area contributed by atoms with Gasteiger partial charge in [0.05, 0.1) is 0 Å². The highest BCUT2D eigenvalue weighted by molar-refractivity contribution is 5.24. The minimum atomic E-state index is 0.654. The van der Waals surface area contributed by atoms with E-state index in [1.165, 1.54) is 24.9 Å². The number of nitrogens with zero attached hydrogens (tertiary/aromatic N) is 2. The van der Waals surface area contributed by atoms with E-state index < -0.39 is 0 Å². The van der Waals surface area contributed by atoms with Crippen LogP contribution < -0.4 is 10.6 Å². The summed E-state index contributed by atoms with van der Waals surface area (Å²) in [6.45, 7) is 6.54. The molecule has 2 rings (SSSR count). The molecule has 0 saturated carbocycles. The summed E-state index contributed by atoms with van der Waals surface area (Å²) in [7, 11) is 0. The van der Waals surface area contributed by atoms with Crippen molar-refractivity contribution < 1.29 is 0 Å². The van der Waals surface area contributed by atoms with Gasteiger partial charge in [0.15, 0.2) is 0 Å². The molecule has 18 heavy (non-hydrogen) atoms. The lowest BCUT2D eigenvalue weighted by molar-refractivity contribution is 0.573. The van der Waals surface area contributed by atoms with Crippen LogP contribution in [0.1, 0.15) is 38.7 Å². The molecule has 4 nitrogen and oxygen atoms in total. The van der Waals surface area contributed by atoms with Gasteiger partial charge in [-0.3, -0.25) is 0 Å². The predicted molar refractivity (Wildman–Crippen MR) is 74.7 cm³/mol. The number of aromatic nitrogens is 2. The van der Waals surface area contributed by atoms with E-state index in [-0.39, 0.29) is 0 Å². The summed E-state index contributed by atoms with van der Waals surface area (Å²) in [5, 5.41) is 6.78. The van der Waals surface area contributed by atoms with Crippen LogP contribution >= 0.6 is 0 Å². The summed E-state index contributed by atoms with van der Waals surface area (Å²) < 4.78 is 0. The van der Waals surface area contributed by atoms with Crippen molar-refractivity contribution in [2.75, 3.05) is 18.4 Å². The molecule has 2 N–H and O–H groups in total. The van der Waals surface area contributed by atoms with Crippen molar-refractivity contribution in [2.45, 2.75) is 45.6 Å². The number of hydrogen-bond donors (Lipinski definition) is 2. The van der Waals surface area contributed by atoms with Crippen molar-refractivity contribution in [3.05, 3.63) is 18.0 Å². The Balaban J connectivity index is 1.72. The first kappa shape index (κ1) is 13.3. The second-order valence-electron chi connectivity index (χ2n) is 5.52. The van der Waals surface area contributed by atoms with Gasteiger partial charge in [-0.15, -0.1) is 0 Å². The molecule has 0 amide bonds. The van der Waals surface area contributed by atoms with Gasteiger partial charge < -0.3 is 10.6 Å². The van der Waals surface area contributed by atoms with Gasteiger partial charge in [0.25, 0.3) is 0 Å². The molecule has 1 aliphatic heterocycles. The Labute approximate surface area is 110 Å². The molecule has 1 saturated heterocycles. The van der Waals surface area contributed by atoms with Crippen molar-refractivity contribution in [3.63, 3.8) is 0 Å². The molecule has 100 valence electrons. The Morgan fingerprint density at radius 1 is 1.39 bits per heavy atom. The average Bonchev–Trinajstić information content (AvgIpc) is 2.84. The molecule has 1 unspecified atom stereocenters. The van der Waals surface area contributed by atoms with Crippen LogP contribution in [0.25, 0.3) is 0 Å². The van der Waals surface area contributed by atoms with E-state index in [9.17, 15) is 0 Å². The van der Waals surface area contributed by atoms with E-state index in [2.05, 4.69) is 34.4 Å². The Morgan fingerprint density at radius 2 is 2.17 bits per heavy atom. The van der Waals surface area contributed by atoms with E-state index in [0.717, 1.165) is 25.3 Å². The minimum Gasteiger partial charge on any atom is -0.354 e. The lowest BCUT2D eigenvalue weighted by atomic mass is 10.1. The van der Waals surface area contributed by atoms with Crippen LogP contribution in [-0.4, -0.2) is 29.1 Å². The molecule has 0 bridgehead atoms. The van der Waals surface area contributed by atoms with Crippen LogP contribution in [0, 0.1) is 5.92 Å². The monoisotopic (exact) mass is 248 g/mol. The van der Waals surface area contributed by atoms with Gasteiger partial charge in [0.1, 0.15) is 0 Å². The van der Waals surface area contributed by atoms with Gasteiger partial charge >= 0.3 is 0 Å². The third kappa shape index (κ3) is 4.26. The molecule has 1 atom stereocenters. The Bertz CT molecular complexity index is 341. The Kier molecular flexibility index (Phi) is 4.93. The summed E-state index contributed by atoms with van der Waals surface area (Å²) in [6.07, 6.45) is 8.68. The van der Waals surface area contributed by atoms with Crippen LogP contribution in [0.3, 0.4) is 0 Å². The van der Waals surface area contributed by atoms with E-state index in [1.807, 2.05) is 12.4 Å². The first-order chi connectivity index (χ1) is 8.74. The zero-order valence-corrected chi connectivity index (χ0v) is 11.4. The molecule has 4 heteroatoms. The molecular weight excluding hydrogens is 224 g/mol. The normalized spacial score (nSPS) is 19.4. The van der Waals surface area contributed by atoms with Gasteiger partial charge in [-0.25, -0.2) is 9.97 Å². The summed E-state index contributed by atoms with van der Waals surface area (Å²) in [5.41, 5.74) is 1.22. The zero-order valence-electron chi connectivity index (χ0n) is 11.4. The fourth-order valence-corrected chi connectivity index (χ4v) is 2.38. The third-order valence-corrected chi connectivity index (χ3v) is 3.29. The maximum Gasteiger partial charge on any atom is 0.222 e. The molecule has 0 aromatic carbocycles. The molecule has 1 aromatic heterocycles. The molecule has 1 aromatic rings. The first-order valence-corrected chi connectivity index (χ1v) is 7.02. The fraction of sp³-hybridized carbons (Fsp3) is 0.714. The lowest BCUT2D eigenvalue weighted by Gasteiger charge is -2.11. The smallest absolute Gasteiger partial charge is 0.222 e. The quantitative estimate of drug-likeness (QED) is 0.810. The van der Waals surface area contributed by atoms with Gasteiger partial charge in [-0.1, -0.05) is 13.8 Å². The summed E-state index contributed by atoms with van der Waals surface area (Å²) in [5.74, 6) is 1.40. The van der Waals surface area contributed by atoms with Gasteiger partial charge in [0.2, 0.25) is 5.95 Å². The second kappa shape index (κ2) is 6.69. The van der Waals surface area contributed by atoms with Crippen molar-refractivity contribution in [1.82, 2.24) is 15.3 Å². The molecular formula is C14H24N4. The van der Waals surface area contributed by atoms with E-state index in [4.69, 9.17) is 0 Å². The van der Waals surface area contributed by atoms with Crippen molar-refractivity contribution in [3.8, 4) is 0 Å². The van der Waals surface area contributed by atoms with Crippen LogP contribution in [0.2, 0.25) is 0 Å². The largest absolute Gasteiger partial charge is 0.354 e. The van der Waals surface area contributed by atoms with Crippen molar-refractivity contribution in [2.24, 2.45) is 5.92 Å². The standard InChI is InChI=1S/C14H24N4/c1-11(2)8-12-9-17-14(18-10-12)16-7-5-13-4-3-6-15-13/h9-11,13,15H,3-8H2,1-2H3,(H,16,17,18). The molecule has 2 heterocycles. The molecule has 0 radical (unpaired) electrons. The SMILES string of the molecule is CC(C)Cc1cnc(NCCC2CCCN2)nc1. The zero-order chi connectivity index (χ0) is 12.8. The van der Waals surface area contributed by atoms with Crippen molar-refractivity contribution in [1.29, 1.82) is 0 Å². The maximum atomic E-state index is 4.35. The van der Waals surface area contributed by atoms with Gasteiger partial charge in [0, 0.05) is 25.0 Å². The predicted octanol–water partition coefficient (Wildman–Crippen LogP) is 2.23. The minimum absolute atomic E-state index is 0.654. The average molecular weight is 248 g/mol. The van der Waals surface area contributed by atoms with Crippen LogP contribution in [0.15, 0.2) is 12.4 Å². The summed E-state index contributed by atoms with van der Waals surface area (Å²) >= 11 is 0. The van der Waals surface area contributed by atoms with Gasteiger partial charge in [-0.2, -0.15) is 0 Å². The highest BCUT2D eigenvalue weighted by Gasteiger charge is 2.12. The number of nitrogens with one attached hydrogen (secondary N) is 2. The first-order valence-electron chi connectivity index (χ1n) is 7.02. The number of anilines is 1. The molecule has 1 fully saturated rings. The lowest BCUT2D eigenvalue weighted by Crippen LogP contribution is -2.24. The second-order valence-corrected chi connectivity index (χ2v) is 5.52. The van der Waals surface area contributed by atoms with E-state index in [0.29, 0.717) is 12.0 Å². The van der Waals surface area contributed by atoms with E-state index in [1.54, 1.807) is 0 Å². The maximum absolute atomic E-state index is 4.35. The third-order valence-electron chi connectivity index (χ3n) is 3.29.